The summed E-state index contributed by atoms with van der Waals surface area (Å²) in [6.07, 6.45) is 3.39. The van der Waals surface area contributed by atoms with Crippen molar-refractivity contribution >= 4 is 16.1 Å². The fraction of sp³-hybridized carbons (Fsp3) is 0.393. The van der Waals surface area contributed by atoms with Gasteiger partial charge in [0.2, 0.25) is 0 Å². The number of carbonyl (C=O) groups excluding carboxylic acids is 1. The van der Waals surface area contributed by atoms with Crippen LogP contribution in [0.5, 0.6) is 17.2 Å². The summed E-state index contributed by atoms with van der Waals surface area (Å²) in [5.74, 6) is 1.63. The summed E-state index contributed by atoms with van der Waals surface area (Å²) in [6, 6.07) is 16.4. The Morgan fingerprint density at radius 2 is 1.71 bits per heavy atom. The van der Waals surface area contributed by atoms with E-state index in [1.165, 1.54) is 0 Å². The van der Waals surface area contributed by atoms with Crippen molar-refractivity contribution in [3.63, 3.8) is 0 Å². The molecular formula is C28H35NO8S. The average Bonchev–Trinajstić information content (AvgIpc) is 3.36. The van der Waals surface area contributed by atoms with E-state index in [0.29, 0.717) is 31.1 Å². The Kier molecular flexibility index (Phi) is 9.82. The Bertz CT molecular complexity index is 1280. The summed E-state index contributed by atoms with van der Waals surface area (Å²) in [7, 11) is -2.01. The highest BCUT2D eigenvalue weighted by Crippen LogP contribution is 2.32. The highest BCUT2D eigenvalue weighted by atomic mass is 32.2. The largest absolute Gasteiger partial charge is 0.493 e. The SMILES string of the molecule is CCOC(=O)C(C)(C)Oc1ccc(CN(CCc2ccc(OS(C)(=O)=O)cc2)Cc2ccco2)cc1OC. The van der Waals surface area contributed by atoms with Crippen LogP contribution in [0.3, 0.4) is 0 Å². The molecule has 0 spiro atoms. The van der Waals surface area contributed by atoms with Crippen LogP contribution < -0.4 is 13.7 Å². The number of hydrogen-bond acceptors (Lipinski definition) is 9. The Balaban J connectivity index is 1.72. The van der Waals surface area contributed by atoms with Gasteiger partial charge in [-0.1, -0.05) is 18.2 Å². The maximum absolute atomic E-state index is 12.3. The van der Waals surface area contributed by atoms with Crippen LogP contribution in [0.1, 0.15) is 37.7 Å². The first kappa shape index (κ1) is 29.1. The molecule has 0 N–H and O–H groups in total. The van der Waals surface area contributed by atoms with Crippen LogP contribution in [0.4, 0.5) is 0 Å². The first-order valence-corrected chi connectivity index (χ1v) is 14.1. The summed E-state index contributed by atoms with van der Waals surface area (Å²) in [6.45, 7) is 7.24. The lowest BCUT2D eigenvalue weighted by Gasteiger charge is -2.26. The van der Waals surface area contributed by atoms with Gasteiger partial charge in [-0.2, -0.15) is 8.42 Å². The fourth-order valence-electron chi connectivity index (χ4n) is 3.78. The normalized spacial score (nSPS) is 11.8. The molecule has 1 heterocycles. The van der Waals surface area contributed by atoms with Gasteiger partial charge < -0.3 is 22.8 Å². The van der Waals surface area contributed by atoms with Gasteiger partial charge in [-0.05, 0) is 74.7 Å². The molecule has 0 atom stereocenters. The number of furan rings is 1. The monoisotopic (exact) mass is 545 g/mol. The van der Waals surface area contributed by atoms with Crippen LogP contribution in [0.25, 0.3) is 0 Å². The number of nitrogens with zero attached hydrogens (tertiary/aromatic N) is 1. The van der Waals surface area contributed by atoms with Gasteiger partial charge in [0.25, 0.3) is 0 Å². The van der Waals surface area contributed by atoms with E-state index in [4.69, 9.17) is 22.8 Å². The molecule has 0 aliphatic rings. The molecule has 206 valence electrons. The van der Waals surface area contributed by atoms with Gasteiger partial charge in [0.05, 0.1) is 32.8 Å². The zero-order valence-electron chi connectivity index (χ0n) is 22.4. The second-order valence-corrected chi connectivity index (χ2v) is 10.9. The average molecular weight is 546 g/mol. The molecular weight excluding hydrogens is 510 g/mol. The van der Waals surface area contributed by atoms with E-state index in [1.54, 1.807) is 52.3 Å². The van der Waals surface area contributed by atoms with E-state index < -0.39 is 21.7 Å². The predicted molar refractivity (Wildman–Crippen MR) is 143 cm³/mol. The van der Waals surface area contributed by atoms with Crippen LogP contribution in [-0.4, -0.2) is 51.4 Å². The van der Waals surface area contributed by atoms with Gasteiger partial charge in [-0.25, -0.2) is 4.79 Å². The van der Waals surface area contributed by atoms with Gasteiger partial charge in [0.1, 0.15) is 11.5 Å². The number of ether oxygens (including phenoxy) is 3. The Morgan fingerprint density at radius 3 is 2.32 bits per heavy atom. The lowest BCUT2D eigenvalue weighted by molar-refractivity contribution is -0.158. The van der Waals surface area contributed by atoms with Crippen LogP contribution in [0.2, 0.25) is 0 Å². The van der Waals surface area contributed by atoms with Crippen molar-refractivity contribution in [3.05, 3.63) is 77.7 Å². The zero-order chi connectivity index (χ0) is 27.8. The first-order valence-electron chi connectivity index (χ1n) is 12.3. The van der Waals surface area contributed by atoms with E-state index in [9.17, 15) is 13.2 Å². The lowest BCUT2D eigenvalue weighted by Crippen LogP contribution is -2.39. The smallest absolute Gasteiger partial charge is 0.349 e. The number of hydrogen-bond donors (Lipinski definition) is 0. The maximum atomic E-state index is 12.3. The number of benzene rings is 2. The van der Waals surface area contributed by atoms with Crippen molar-refractivity contribution in [2.24, 2.45) is 0 Å². The minimum atomic E-state index is -3.57. The summed E-state index contributed by atoms with van der Waals surface area (Å²) in [4.78, 5) is 14.5. The molecule has 0 bridgehead atoms. The van der Waals surface area contributed by atoms with E-state index in [1.807, 2.05) is 36.4 Å². The number of methoxy groups -OCH3 is 1. The van der Waals surface area contributed by atoms with E-state index in [2.05, 4.69) is 4.90 Å². The van der Waals surface area contributed by atoms with Crippen LogP contribution in [-0.2, 0) is 39.2 Å². The zero-order valence-corrected chi connectivity index (χ0v) is 23.2. The van der Waals surface area contributed by atoms with Gasteiger partial charge in [-0.3, -0.25) is 4.90 Å². The summed E-state index contributed by atoms with van der Waals surface area (Å²) in [5, 5.41) is 0. The number of rotatable bonds is 14. The van der Waals surface area contributed by atoms with Crippen molar-refractivity contribution in [2.75, 3.05) is 26.5 Å². The highest BCUT2D eigenvalue weighted by molar-refractivity contribution is 7.86. The predicted octanol–water partition coefficient (Wildman–Crippen LogP) is 4.59. The highest BCUT2D eigenvalue weighted by Gasteiger charge is 2.32. The van der Waals surface area contributed by atoms with Gasteiger partial charge in [-0.15, -0.1) is 0 Å². The summed E-state index contributed by atoms with van der Waals surface area (Å²) in [5.41, 5.74) is 0.863. The molecule has 10 heteroatoms. The van der Waals surface area contributed by atoms with Gasteiger partial charge in [0.15, 0.2) is 17.1 Å². The molecule has 0 aliphatic carbocycles. The quantitative estimate of drug-likeness (QED) is 0.212. The molecule has 0 amide bonds. The van der Waals surface area contributed by atoms with E-state index in [-0.39, 0.29) is 12.4 Å². The third-order valence-electron chi connectivity index (χ3n) is 5.61. The number of esters is 1. The molecule has 0 aliphatic heterocycles. The lowest BCUT2D eigenvalue weighted by atomic mass is 10.1. The molecule has 0 fully saturated rings. The molecule has 9 nitrogen and oxygen atoms in total. The molecule has 2 aromatic carbocycles. The van der Waals surface area contributed by atoms with Crippen molar-refractivity contribution in [1.29, 1.82) is 0 Å². The van der Waals surface area contributed by atoms with Crippen molar-refractivity contribution in [2.45, 2.75) is 45.9 Å². The summed E-state index contributed by atoms with van der Waals surface area (Å²) < 4.78 is 49.8. The minimum absolute atomic E-state index is 0.270. The molecule has 0 saturated carbocycles. The Labute approximate surface area is 224 Å². The molecule has 0 unspecified atom stereocenters. The topological polar surface area (TPSA) is 105 Å². The molecule has 3 aromatic rings. The summed E-state index contributed by atoms with van der Waals surface area (Å²) >= 11 is 0. The van der Waals surface area contributed by atoms with Crippen molar-refractivity contribution in [3.8, 4) is 17.2 Å². The van der Waals surface area contributed by atoms with E-state index >= 15 is 0 Å². The third-order valence-corrected chi connectivity index (χ3v) is 6.11. The van der Waals surface area contributed by atoms with Gasteiger partial charge >= 0.3 is 16.1 Å². The Morgan fingerprint density at radius 1 is 1.00 bits per heavy atom. The van der Waals surface area contributed by atoms with Crippen LogP contribution in [0.15, 0.2) is 65.3 Å². The fourth-order valence-corrected chi connectivity index (χ4v) is 4.25. The van der Waals surface area contributed by atoms with Crippen molar-refractivity contribution < 1.29 is 36.0 Å². The second kappa shape index (κ2) is 12.8. The minimum Gasteiger partial charge on any atom is -0.493 e. The first-order chi connectivity index (χ1) is 18.0. The van der Waals surface area contributed by atoms with Crippen molar-refractivity contribution in [1.82, 2.24) is 4.90 Å². The molecule has 1 aromatic heterocycles. The molecule has 0 saturated heterocycles. The maximum Gasteiger partial charge on any atom is 0.349 e. The van der Waals surface area contributed by atoms with Gasteiger partial charge in [0, 0.05) is 13.1 Å². The second-order valence-electron chi connectivity index (χ2n) is 9.29. The van der Waals surface area contributed by atoms with Crippen LogP contribution in [0, 0.1) is 0 Å². The Hall–Kier alpha value is -3.50. The van der Waals surface area contributed by atoms with Crippen LogP contribution >= 0.6 is 0 Å². The third kappa shape index (κ3) is 8.81. The molecule has 3 rings (SSSR count). The molecule has 38 heavy (non-hydrogen) atoms. The number of carbonyl (C=O) groups is 1. The molecule has 0 radical (unpaired) electrons. The standard InChI is InChI=1S/C28H35NO8S/c1-6-34-27(30)28(2,3)36-25-14-11-22(18-26(25)33-4)19-29(20-24-8-7-17-35-24)16-15-21-9-12-23(13-10-21)37-38(5,31)32/h7-14,17-18H,6,15-16,19-20H2,1-5H3. The van der Waals surface area contributed by atoms with E-state index in [0.717, 1.165) is 29.6 Å².